The number of rotatable bonds is 21. The maximum absolute atomic E-state index is 14.2. The standard InChI is InChI=1S/C65H67ClN10O12S/c66-46-11-9-43(10-12-46)50-6-2-8-57(87-40-42-20-26-72(27-21-42)25-3-5-44-4-1-7-52-60(44)65(81)75(64(52)80)55-17-18-59(77)70-63(55)79)53(50)39-73-28-30-74(31-29-73)47-13-15-51(58(35-47)88-48-34-45-19-24-67-61(45)69-38-48)62(78)71-89(84,85)49-14-16-54(56(36-49)76(82)83)68-37-41-22-32-86-33-23-41/h1-2,4,6-16,19,24,34-36,38,41-42,55,68H,3,5,17-18,20-23,25-33,37,39-40H2,(H,67,69)(H,71,78)(H,70,77,79). The minimum Gasteiger partial charge on any atom is -0.493 e. The van der Waals surface area contributed by atoms with Gasteiger partial charge in [-0.25, -0.2) is 18.1 Å². The fourth-order valence-electron chi connectivity index (χ4n) is 12.5. The summed E-state index contributed by atoms with van der Waals surface area (Å²) in [6, 6.07) is 30.3. The number of anilines is 2. The number of nitro groups is 1. The van der Waals surface area contributed by atoms with E-state index in [-0.39, 0.29) is 35.8 Å². The number of benzene rings is 5. The Bertz CT molecular complexity index is 3970. The molecule has 0 spiro atoms. The molecule has 0 bridgehead atoms. The highest BCUT2D eigenvalue weighted by molar-refractivity contribution is 7.90. The molecular formula is C65H67ClN10O12S. The Kier molecular flexibility index (Phi) is 18.0. The average Bonchev–Trinajstić information content (AvgIpc) is 1.82. The van der Waals surface area contributed by atoms with Gasteiger partial charge in [-0.3, -0.25) is 49.2 Å². The van der Waals surface area contributed by atoms with Gasteiger partial charge in [-0.05, 0) is 154 Å². The molecule has 89 heavy (non-hydrogen) atoms. The first-order valence-corrected chi connectivity index (χ1v) is 31.9. The maximum Gasteiger partial charge on any atom is 0.293 e. The Morgan fingerprint density at radius 2 is 1.58 bits per heavy atom. The van der Waals surface area contributed by atoms with Gasteiger partial charge in [0.25, 0.3) is 33.4 Å². The highest BCUT2D eigenvalue weighted by Gasteiger charge is 2.45. The van der Waals surface area contributed by atoms with E-state index in [0.29, 0.717) is 99.0 Å². The van der Waals surface area contributed by atoms with E-state index in [2.05, 4.69) is 46.1 Å². The zero-order chi connectivity index (χ0) is 61.8. The summed E-state index contributed by atoms with van der Waals surface area (Å²) in [6.45, 7) is 7.90. The van der Waals surface area contributed by atoms with Crippen LogP contribution in [0.15, 0.2) is 126 Å². The third-order valence-corrected chi connectivity index (χ3v) is 19.1. The van der Waals surface area contributed by atoms with Gasteiger partial charge in [0.2, 0.25) is 11.8 Å². The lowest BCUT2D eigenvalue weighted by Gasteiger charge is -2.37. The number of piperazine rings is 1. The molecule has 12 rings (SSSR count). The van der Waals surface area contributed by atoms with E-state index < -0.39 is 61.1 Å². The molecule has 0 aliphatic carbocycles. The lowest BCUT2D eigenvalue weighted by Crippen LogP contribution is -2.54. The lowest BCUT2D eigenvalue weighted by atomic mass is 9.96. The van der Waals surface area contributed by atoms with Gasteiger partial charge in [0.1, 0.15) is 34.6 Å². The van der Waals surface area contributed by atoms with Crippen LogP contribution in [0.25, 0.3) is 22.2 Å². The first-order chi connectivity index (χ1) is 43.1. The number of hydrogen-bond acceptors (Lipinski definition) is 17. The lowest BCUT2D eigenvalue weighted by molar-refractivity contribution is -0.384. The van der Waals surface area contributed by atoms with Crippen molar-refractivity contribution in [3.05, 3.63) is 165 Å². The number of sulfonamides is 1. The molecule has 2 aromatic heterocycles. The number of nitrogens with zero attached hydrogens (tertiary/aromatic N) is 6. The molecule has 0 radical (unpaired) electrons. The molecule has 4 fully saturated rings. The Balaban J connectivity index is 0.690. The SMILES string of the molecule is O=C1CCC(N2C(=O)c3cccc(CCCN4CCC(COc5cccc(-c6ccc(Cl)cc6)c5CN5CCN(c6ccc(C(=O)NS(=O)(=O)c7ccc(NCC8CCOCC8)c([N+](=O)[O-])c7)c(Oc7cnc8[nH]ccc8c7)c6)CC5)CC4)c3C2=O)C(=O)N1. The number of fused-ring (bicyclic) bond motifs is 2. The van der Waals surface area contributed by atoms with Crippen molar-refractivity contribution in [3.63, 3.8) is 0 Å². The van der Waals surface area contributed by atoms with E-state index in [9.17, 15) is 42.5 Å². The van der Waals surface area contributed by atoms with Gasteiger partial charge in [-0.15, -0.1) is 0 Å². The molecule has 7 heterocycles. The predicted octanol–water partition coefficient (Wildman–Crippen LogP) is 8.99. The Labute approximate surface area is 519 Å². The number of aromatic nitrogens is 2. The summed E-state index contributed by atoms with van der Waals surface area (Å²) in [7, 11) is -4.63. The number of likely N-dealkylation sites (tertiary alicyclic amines) is 1. The monoisotopic (exact) mass is 1250 g/mol. The van der Waals surface area contributed by atoms with Gasteiger partial charge in [0, 0.05) is 98.9 Å². The molecule has 1 unspecified atom stereocenters. The molecule has 1 atom stereocenters. The molecular weight excluding hydrogens is 1180 g/mol. The number of carbonyl (C=O) groups excluding carboxylic acids is 5. The number of carbonyl (C=O) groups is 5. The van der Waals surface area contributed by atoms with E-state index in [1.807, 2.05) is 48.5 Å². The van der Waals surface area contributed by atoms with Crippen molar-refractivity contribution in [3.8, 4) is 28.4 Å². The van der Waals surface area contributed by atoms with Gasteiger partial charge >= 0.3 is 0 Å². The van der Waals surface area contributed by atoms with Crippen molar-refractivity contribution in [1.29, 1.82) is 0 Å². The molecule has 5 amide bonds. The van der Waals surface area contributed by atoms with E-state index in [1.54, 1.807) is 36.5 Å². The molecule has 5 aliphatic rings. The second-order valence-corrected chi connectivity index (χ2v) is 25.3. The normalized spacial score (nSPS) is 18.1. The van der Waals surface area contributed by atoms with Crippen LogP contribution in [0.3, 0.4) is 0 Å². The van der Waals surface area contributed by atoms with Crippen LogP contribution in [0.5, 0.6) is 17.2 Å². The third-order valence-electron chi connectivity index (χ3n) is 17.5. The average molecular weight is 1250 g/mol. The summed E-state index contributed by atoms with van der Waals surface area (Å²) in [5.74, 6) is -1.28. The Morgan fingerprint density at radius 3 is 2.36 bits per heavy atom. The molecule has 4 N–H and O–H groups in total. The van der Waals surface area contributed by atoms with Gasteiger partial charge in [0.15, 0.2) is 0 Å². The highest BCUT2D eigenvalue weighted by Crippen LogP contribution is 2.37. The first kappa shape index (κ1) is 60.5. The van der Waals surface area contributed by atoms with Crippen LogP contribution in [-0.4, -0.2) is 146 Å². The number of imide groups is 2. The quantitative estimate of drug-likeness (QED) is 0.0297. The third kappa shape index (κ3) is 13.6. The summed E-state index contributed by atoms with van der Waals surface area (Å²) in [5.41, 5.74) is 5.51. The highest BCUT2D eigenvalue weighted by atomic mass is 35.5. The number of halogens is 1. The van der Waals surface area contributed by atoms with Crippen LogP contribution in [0, 0.1) is 22.0 Å². The van der Waals surface area contributed by atoms with Gasteiger partial charge in [-0.2, -0.15) is 0 Å². The van der Waals surface area contributed by atoms with Gasteiger partial charge in [0.05, 0.1) is 39.3 Å². The van der Waals surface area contributed by atoms with E-state index in [0.717, 1.165) is 102 Å². The van der Waals surface area contributed by atoms with Crippen molar-refractivity contribution in [2.45, 2.75) is 68.8 Å². The van der Waals surface area contributed by atoms with Crippen molar-refractivity contribution in [1.82, 2.24) is 34.7 Å². The number of aryl methyl sites for hydroxylation is 1. The summed E-state index contributed by atoms with van der Waals surface area (Å²) in [5, 5.41) is 19.0. The maximum atomic E-state index is 14.2. The second kappa shape index (κ2) is 26.5. The van der Waals surface area contributed by atoms with Crippen molar-refractivity contribution >= 4 is 79.3 Å². The number of H-pyrrole nitrogens is 1. The molecule has 22 nitrogen and oxygen atoms in total. The fourth-order valence-corrected chi connectivity index (χ4v) is 13.6. The Hall–Kier alpha value is -8.74. The summed E-state index contributed by atoms with van der Waals surface area (Å²) in [4.78, 5) is 92.3. The largest absolute Gasteiger partial charge is 0.493 e. The van der Waals surface area contributed by atoms with Gasteiger partial charge in [-0.1, -0.05) is 48.0 Å². The van der Waals surface area contributed by atoms with E-state index in [1.165, 1.54) is 24.4 Å². The summed E-state index contributed by atoms with van der Waals surface area (Å²) >= 11 is 6.38. The number of pyridine rings is 1. The minimum absolute atomic E-state index is 0.0637. The van der Waals surface area contributed by atoms with Crippen LogP contribution in [-0.2, 0) is 37.3 Å². The molecule has 5 aromatic carbocycles. The fraction of sp³-hybridized carbons (Fsp3) is 0.354. The van der Waals surface area contributed by atoms with Crippen molar-refractivity contribution in [2.75, 3.05) is 82.4 Å². The van der Waals surface area contributed by atoms with Crippen LogP contribution in [0.4, 0.5) is 17.1 Å². The molecule has 5 aliphatic heterocycles. The second-order valence-electron chi connectivity index (χ2n) is 23.2. The van der Waals surface area contributed by atoms with Crippen LogP contribution < -0.4 is 29.7 Å². The first-order valence-electron chi connectivity index (χ1n) is 30.1. The summed E-state index contributed by atoms with van der Waals surface area (Å²) in [6.07, 6.45) is 8.26. The van der Waals surface area contributed by atoms with Crippen LogP contribution in [0.2, 0.25) is 5.02 Å². The number of nitrogens with one attached hydrogen (secondary N) is 4. The van der Waals surface area contributed by atoms with Crippen LogP contribution >= 0.6 is 11.6 Å². The van der Waals surface area contributed by atoms with Gasteiger partial charge < -0.3 is 34.3 Å². The van der Waals surface area contributed by atoms with Crippen LogP contribution in [0.1, 0.15) is 87.1 Å². The number of nitro benzene ring substituents is 1. The smallest absolute Gasteiger partial charge is 0.293 e. The molecule has 0 saturated carbocycles. The number of amides is 5. The molecule has 462 valence electrons. The molecule has 4 saturated heterocycles. The topological polar surface area (TPSA) is 268 Å². The minimum atomic E-state index is -4.63. The molecule has 7 aromatic rings. The molecule has 24 heteroatoms. The van der Waals surface area contributed by atoms with E-state index >= 15 is 0 Å². The number of aromatic amines is 1. The number of hydrogen-bond donors (Lipinski definition) is 4. The zero-order valence-corrected chi connectivity index (χ0v) is 50.4. The van der Waals surface area contributed by atoms with Crippen molar-refractivity contribution in [2.24, 2.45) is 11.8 Å². The summed E-state index contributed by atoms with van der Waals surface area (Å²) < 4.78 is 48.5. The Morgan fingerprint density at radius 1 is 0.809 bits per heavy atom. The van der Waals surface area contributed by atoms with Crippen molar-refractivity contribution < 1.29 is 51.5 Å². The number of ether oxygens (including phenoxy) is 3. The zero-order valence-electron chi connectivity index (χ0n) is 48.8. The van der Waals surface area contributed by atoms with E-state index in [4.69, 9.17) is 25.8 Å². The predicted molar refractivity (Wildman–Crippen MR) is 333 cm³/mol. The number of piperidine rings is 2.